The number of carbonyl (C=O) groups is 2. The number of hydrogen-bond acceptors (Lipinski definition) is 5. The van der Waals surface area contributed by atoms with Crippen LogP contribution in [0, 0.1) is 11.7 Å². The molecular weight excluding hydrogens is 435 g/mol. The number of hydrogen-bond donors (Lipinski definition) is 2. The second-order valence-corrected chi connectivity index (χ2v) is 8.75. The lowest BCUT2D eigenvalue weighted by molar-refractivity contribution is -0.124. The molecule has 1 atom stereocenters. The van der Waals surface area contributed by atoms with Crippen LogP contribution in [0.1, 0.15) is 31.1 Å². The van der Waals surface area contributed by atoms with E-state index in [-0.39, 0.29) is 23.5 Å². The molecule has 1 aliphatic heterocycles. The summed E-state index contributed by atoms with van der Waals surface area (Å²) in [6.07, 6.45) is 0. The molecule has 2 amide bonds. The average molecular weight is 471 g/mol. The minimum absolute atomic E-state index is 0.0501. The molecule has 3 rings (SSSR count). The highest BCUT2D eigenvalue weighted by Gasteiger charge is 2.25. The topological polar surface area (TPSA) is 73.9 Å². The van der Waals surface area contributed by atoms with Crippen molar-refractivity contribution in [1.82, 2.24) is 15.5 Å². The smallest absolute Gasteiger partial charge is 0.251 e. The molecule has 2 aromatic rings. The van der Waals surface area contributed by atoms with Gasteiger partial charge in [-0.25, -0.2) is 4.39 Å². The fourth-order valence-corrected chi connectivity index (χ4v) is 3.96. The predicted octanol–water partition coefficient (Wildman–Crippen LogP) is 2.92. The van der Waals surface area contributed by atoms with Crippen molar-refractivity contribution in [1.29, 1.82) is 0 Å². The maximum Gasteiger partial charge on any atom is 0.251 e. The molecule has 0 aliphatic carbocycles. The van der Waals surface area contributed by atoms with Crippen molar-refractivity contribution in [2.24, 2.45) is 5.92 Å². The van der Waals surface area contributed by atoms with E-state index in [4.69, 9.17) is 4.74 Å². The summed E-state index contributed by atoms with van der Waals surface area (Å²) in [6.45, 7) is 11.0. The third kappa shape index (κ3) is 7.18. The van der Waals surface area contributed by atoms with Gasteiger partial charge in [-0.1, -0.05) is 13.8 Å². The third-order valence-corrected chi connectivity index (χ3v) is 5.95. The van der Waals surface area contributed by atoms with Gasteiger partial charge in [-0.15, -0.1) is 0 Å². The van der Waals surface area contributed by atoms with Crippen molar-refractivity contribution in [3.8, 4) is 5.75 Å². The van der Waals surface area contributed by atoms with Crippen LogP contribution in [0.2, 0.25) is 0 Å². The molecule has 184 valence electrons. The van der Waals surface area contributed by atoms with Crippen LogP contribution in [-0.4, -0.2) is 68.6 Å². The average Bonchev–Trinajstić information content (AvgIpc) is 2.84. The van der Waals surface area contributed by atoms with Gasteiger partial charge in [-0.05, 0) is 61.4 Å². The van der Waals surface area contributed by atoms with Crippen molar-refractivity contribution in [2.45, 2.75) is 26.8 Å². The van der Waals surface area contributed by atoms with Crippen LogP contribution in [0.25, 0.3) is 0 Å². The number of piperazine rings is 1. The number of benzene rings is 2. The molecule has 2 aromatic carbocycles. The normalized spacial score (nSPS) is 15.1. The number of ether oxygens (including phenoxy) is 1. The van der Waals surface area contributed by atoms with E-state index in [1.807, 2.05) is 20.8 Å². The summed E-state index contributed by atoms with van der Waals surface area (Å²) >= 11 is 0. The van der Waals surface area contributed by atoms with Gasteiger partial charge in [0.2, 0.25) is 5.91 Å². The number of nitrogens with zero attached hydrogens (tertiary/aromatic N) is 2. The molecule has 0 saturated carbocycles. The van der Waals surface area contributed by atoms with Gasteiger partial charge >= 0.3 is 0 Å². The Kier molecular flexibility index (Phi) is 9.27. The Labute approximate surface area is 201 Å². The molecular formula is C26H35FN4O3. The predicted molar refractivity (Wildman–Crippen MR) is 132 cm³/mol. The highest BCUT2D eigenvalue weighted by Crippen LogP contribution is 2.17. The van der Waals surface area contributed by atoms with Crippen LogP contribution in [0.4, 0.5) is 10.1 Å². The van der Waals surface area contributed by atoms with E-state index in [9.17, 15) is 14.0 Å². The SMILES string of the molecule is CCOc1ccc(C(=O)NC(C(=O)NCCN2CCN(c3ccc(F)cc3)CC2)C(C)C)cc1. The van der Waals surface area contributed by atoms with Gasteiger partial charge in [-0.2, -0.15) is 0 Å². The number of halogens is 1. The van der Waals surface area contributed by atoms with Crippen molar-refractivity contribution < 1.29 is 18.7 Å². The summed E-state index contributed by atoms with van der Waals surface area (Å²) in [6, 6.07) is 12.8. The molecule has 1 fully saturated rings. The van der Waals surface area contributed by atoms with Crippen LogP contribution in [0.3, 0.4) is 0 Å². The number of nitrogens with one attached hydrogen (secondary N) is 2. The van der Waals surface area contributed by atoms with Crippen molar-refractivity contribution in [2.75, 3.05) is 50.8 Å². The lowest BCUT2D eigenvalue weighted by Crippen LogP contribution is -2.52. The minimum atomic E-state index is -0.616. The molecule has 0 spiro atoms. The highest BCUT2D eigenvalue weighted by atomic mass is 19.1. The van der Waals surface area contributed by atoms with Gasteiger partial charge in [0.25, 0.3) is 5.91 Å². The number of rotatable bonds is 10. The molecule has 8 heteroatoms. The summed E-state index contributed by atoms with van der Waals surface area (Å²) < 4.78 is 18.5. The second-order valence-electron chi connectivity index (χ2n) is 8.75. The second kappa shape index (κ2) is 12.4. The molecule has 7 nitrogen and oxygen atoms in total. The van der Waals surface area contributed by atoms with E-state index >= 15 is 0 Å². The monoisotopic (exact) mass is 470 g/mol. The zero-order chi connectivity index (χ0) is 24.5. The summed E-state index contributed by atoms with van der Waals surface area (Å²) in [7, 11) is 0. The molecule has 34 heavy (non-hydrogen) atoms. The van der Waals surface area contributed by atoms with Gasteiger partial charge < -0.3 is 20.3 Å². The highest BCUT2D eigenvalue weighted by molar-refractivity contribution is 5.97. The molecule has 0 bridgehead atoms. The molecule has 1 unspecified atom stereocenters. The first-order valence-corrected chi connectivity index (χ1v) is 11.9. The standard InChI is InChI=1S/C26H35FN4O3/c1-4-34-23-11-5-20(6-12-23)25(32)29-24(19(2)3)26(33)28-13-14-30-15-17-31(18-16-30)22-9-7-21(27)8-10-22/h5-12,19,24H,4,13-18H2,1-3H3,(H,28,33)(H,29,32). The molecule has 0 aromatic heterocycles. The lowest BCUT2D eigenvalue weighted by atomic mass is 10.0. The van der Waals surface area contributed by atoms with E-state index in [2.05, 4.69) is 20.4 Å². The molecule has 1 saturated heterocycles. The van der Waals surface area contributed by atoms with E-state index in [0.717, 1.165) is 38.4 Å². The maximum atomic E-state index is 13.1. The van der Waals surface area contributed by atoms with Gasteiger partial charge in [0.05, 0.1) is 6.61 Å². The molecule has 2 N–H and O–H groups in total. The first-order chi connectivity index (χ1) is 16.4. The fraction of sp³-hybridized carbons (Fsp3) is 0.462. The van der Waals surface area contributed by atoms with Crippen LogP contribution < -0.4 is 20.3 Å². The molecule has 1 heterocycles. The quantitative estimate of drug-likeness (QED) is 0.559. The van der Waals surface area contributed by atoms with Crippen molar-refractivity contribution >= 4 is 17.5 Å². The molecule has 1 aliphatic rings. The van der Waals surface area contributed by atoms with Crippen LogP contribution >= 0.6 is 0 Å². The fourth-order valence-electron chi connectivity index (χ4n) is 3.96. The summed E-state index contributed by atoms with van der Waals surface area (Å²) in [5.74, 6) is -0.0387. The third-order valence-electron chi connectivity index (χ3n) is 5.95. The van der Waals surface area contributed by atoms with Crippen molar-refractivity contribution in [3.63, 3.8) is 0 Å². The summed E-state index contributed by atoms with van der Waals surface area (Å²) in [5.41, 5.74) is 1.51. The van der Waals surface area contributed by atoms with E-state index < -0.39 is 6.04 Å². The largest absolute Gasteiger partial charge is 0.494 e. The number of carbonyl (C=O) groups excluding carboxylic acids is 2. The zero-order valence-electron chi connectivity index (χ0n) is 20.2. The minimum Gasteiger partial charge on any atom is -0.494 e. The Hall–Kier alpha value is -3.13. The van der Waals surface area contributed by atoms with Gasteiger partial charge in [0.1, 0.15) is 17.6 Å². The Morgan fingerprint density at radius 2 is 1.65 bits per heavy atom. The van der Waals surface area contributed by atoms with Crippen LogP contribution in [-0.2, 0) is 4.79 Å². The van der Waals surface area contributed by atoms with Crippen molar-refractivity contribution in [3.05, 3.63) is 59.9 Å². The Bertz CT molecular complexity index is 926. The number of amides is 2. The van der Waals surface area contributed by atoms with Gasteiger partial charge in [-0.3, -0.25) is 14.5 Å². The lowest BCUT2D eigenvalue weighted by Gasteiger charge is -2.36. The Balaban J connectivity index is 1.43. The first-order valence-electron chi connectivity index (χ1n) is 11.9. The van der Waals surface area contributed by atoms with Crippen LogP contribution in [0.15, 0.2) is 48.5 Å². The van der Waals surface area contributed by atoms with E-state index in [0.29, 0.717) is 24.5 Å². The first kappa shape index (κ1) is 25.5. The molecule has 0 radical (unpaired) electrons. The van der Waals surface area contributed by atoms with Crippen LogP contribution in [0.5, 0.6) is 5.75 Å². The zero-order valence-corrected chi connectivity index (χ0v) is 20.2. The Morgan fingerprint density at radius 3 is 2.24 bits per heavy atom. The van der Waals surface area contributed by atoms with E-state index in [1.165, 1.54) is 12.1 Å². The maximum absolute atomic E-state index is 13.1. The van der Waals surface area contributed by atoms with Gasteiger partial charge in [0.15, 0.2) is 0 Å². The summed E-state index contributed by atoms with van der Waals surface area (Å²) in [4.78, 5) is 30.0. The summed E-state index contributed by atoms with van der Waals surface area (Å²) in [5, 5.41) is 5.83. The number of anilines is 1. The van der Waals surface area contributed by atoms with Gasteiger partial charge in [0, 0.05) is 50.5 Å². The Morgan fingerprint density at radius 1 is 1.00 bits per heavy atom. The van der Waals surface area contributed by atoms with E-state index in [1.54, 1.807) is 36.4 Å².